The summed E-state index contributed by atoms with van der Waals surface area (Å²) in [6, 6.07) is 6.54. The van der Waals surface area contributed by atoms with E-state index in [2.05, 4.69) is 30.6 Å². The molecule has 1 fully saturated rings. The lowest BCUT2D eigenvalue weighted by molar-refractivity contribution is -0.384. The zero-order chi connectivity index (χ0) is 15.8. The van der Waals surface area contributed by atoms with E-state index in [1.54, 1.807) is 18.5 Å². The van der Waals surface area contributed by atoms with Crippen LogP contribution in [0.4, 0.5) is 23.1 Å². The third-order valence-corrected chi connectivity index (χ3v) is 3.53. The highest BCUT2D eigenvalue weighted by atomic mass is 16.6. The number of aromatic nitrogens is 4. The van der Waals surface area contributed by atoms with Gasteiger partial charge in [-0.05, 0) is 25.0 Å². The fraction of sp³-hybridized carbons (Fsp3) is 0.214. The van der Waals surface area contributed by atoms with Crippen molar-refractivity contribution in [2.45, 2.75) is 18.9 Å². The van der Waals surface area contributed by atoms with Crippen LogP contribution in [-0.2, 0) is 0 Å². The number of non-ortho nitro benzene ring substituents is 1. The molecule has 2 heterocycles. The van der Waals surface area contributed by atoms with Gasteiger partial charge in [-0.2, -0.15) is 9.97 Å². The summed E-state index contributed by atoms with van der Waals surface area (Å²) in [6.45, 7) is 0. The maximum absolute atomic E-state index is 10.7. The Bertz CT molecular complexity index is 870. The number of nitro groups is 1. The average molecular weight is 311 g/mol. The van der Waals surface area contributed by atoms with Gasteiger partial charge in [-0.25, -0.2) is 4.98 Å². The van der Waals surface area contributed by atoms with Crippen molar-refractivity contribution in [1.82, 2.24) is 19.9 Å². The van der Waals surface area contributed by atoms with Gasteiger partial charge in [-0.3, -0.25) is 10.1 Å². The van der Waals surface area contributed by atoms with E-state index in [4.69, 9.17) is 0 Å². The zero-order valence-corrected chi connectivity index (χ0v) is 12.0. The standard InChI is InChI=1S/C14H13N7O2/c22-21(23)10-5-3-9(4-6-10)18-14-19-12-11(15-7-16-12)13(20-14)17-8-1-2-8/h3-8H,1-2H2,(H3,15,16,17,18,19,20). The molecule has 0 radical (unpaired) electrons. The lowest BCUT2D eigenvalue weighted by Crippen LogP contribution is -2.07. The minimum Gasteiger partial charge on any atom is -0.365 e. The first-order valence-corrected chi connectivity index (χ1v) is 7.18. The van der Waals surface area contributed by atoms with Gasteiger partial charge in [0.05, 0.1) is 11.3 Å². The van der Waals surface area contributed by atoms with Gasteiger partial charge < -0.3 is 15.6 Å². The summed E-state index contributed by atoms with van der Waals surface area (Å²) < 4.78 is 0. The third-order valence-electron chi connectivity index (χ3n) is 3.53. The Morgan fingerprint density at radius 2 is 2.00 bits per heavy atom. The Hall–Kier alpha value is -3.23. The minimum atomic E-state index is -0.436. The Morgan fingerprint density at radius 3 is 2.70 bits per heavy atom. The van der Waals surface area contributed by atoms with Gasteiger partial charge in [0.1, 0.15) is 5.52 Å². The second-order valence-corrected chi connectivity index (χ2v) is 5.34. The Labute approximate surface area is 130 Å². The molecule has 0 bridgehead atoms. The van der Waals surface area contributed by atoms with Gasteiger partial charge in [-0.1, -0.05) is 0 Å². The third kappa shape index (κ3) is 2.76. The molecule has 4 rings (SSSR count). The molecule has 0 atom stereocenters. The summed E-state index contributed by atoms with van der Waals surface area (Å²) in [6.07, 6.45) is 3.83. The molecule has 0 spiro atoms. The summed E-state index contributed by atoms with van der Waals surface area (Å²) in [7, 11) is 0. The molecule has 3 aromatic rings. The van der Waals surface area contributed by atoms with Gasteiger partial charge in [0.25, 0.3) is 5.69 Å². The summed E-state index contributed by atoms with van der Waals surface area (Å²) in [5.74, 6) is 1.09. The molecule has 3 N–H and O–H groups in total. The largest absolute Gasteiger partial charge is 0.365 e. The second-order valence-electron chi connectivity index (χ2n) is 5.34. The first-order chi connectivity index (χ1) is 11.2. The van der Waals surface area contributed by atoms with Gasteiger partial charge >= 0.3 is 0 Å². The Morgan fingerprint density at radius 1 is 1.22 bits per heavy atom. The molecule has 2 aromatic heterocycles. The lowest BCUT2D eigenvalue weighted by atomic mass is 10.3. The fourth-order valence-corrected chi connectivity index (χ4v) is 2.21. The molecule has 1 aromatic carbocycles. The molecule has 1 aliphatic rings. The van der Waals surface area contributed by atoms with E-state index in [9.17, 15) is 10.1 Å². The van der Waals surface area contributed by atoms with Gasteiger partial charge in [0.15, 0.2) is 11.5 Å². The van der Waals surface area contributed by atoms with Crippen molar-refractivity contribution < 1.29 is 4.92 Å². The highest BCUT2D eigenvalue weighted by molar-refractivity contribution is 5.84. The predicted octanol–water partition coefficient (Wildman–Crippen LogP) is 2.58. The molecule has 0 saturated heterocycles. The van der Waals surface area contributed by atoms with Crippen LogP contribution in [0.2, 0.25) is 0 Å². The summed E-state index contributed by atoms with van der Waals surface area (Å²) in [4.78, 5) is 26.3. The molecule has 1 saturated carbocycles. The van der Waals surface area contributed by atoms with Crippen molar-refractivity contribution in [3.05, 3.63) is 40.7 Å². The first kappa shape index (κ1) is 13.4. The number of aromatic amines is 1. The topological polar surface area (TPSA) is 122 Å². The van der Waals surface area contributed by atoms with Crippen LogP contribution in [0.3, 0.4) is 0 Å². The number of imidazole rings is 1. The van der Waals surface area contributed by atoms with Crippen molar-refractivity contribution >= 4 is 34.3 Å². The van der Waals surface area contributed by atoms with E-state index in [0.717, 1.165) is 12.8 Å². The van der Waals surface area contributed by atoms with Crippen molar-refractivity contribution in [3.8, 4) is 0 Å². The van der Waals surface area contributed by atoms with Gasteiger partial charge in [0, 0.05) is 23.9 Å². The predicted molar refractivity (Wildman–Crippen MR) is 84.7 cm³/mol. The quantitative estimate of drug-likeness (QED) is 0.489. The van der Waals surface area contributed by atoms with E-state index in [1.807, 2.05) is 0 Å². The lowest BCUT2D eigenvalue weighted by Gasteiger charge is -2.08. The number of nitrogens with zero attached hydrogens (tertiary/aromatic N) is 4. The maximum atomic E-state index is 10.7. The Kier molecular flexibility index (Phi) is 3.04. The molecular weight excluding hydrogens is 298 g/mol. The van der Waals surface area contributed by atoms with E-state index in [-0.39, 0.29) is 5.69 Å². The molecule has 116 valence electrons. The summed E-state index contributed by atoms with van der Waals surface area (Å²) >= 11 is 0. The molecule has 1 aliphatic carbocycles. The fourth-order valence-electron chi connectivity index (χ4n) is 2.21. The average Bonchev–Trinajstić information content (AvgIpc) is 3.22. The van der Waals surface area contributed by atoms with E-state index < -0.39 is 4.92 Å². The van der Waals surface area contributed by atoms with Crippen LogP contribution < -0.4 is 10.6 Å². The number of hydrogen-bond donors (Lipinski definition) is 3. The van der Waals surface area contributed by atoms with Gasteiger partial charge in [0.2, 0.25) is 5.95 Å². The summed E-state index contributed by atoms with van der Waals surface area (Å²) in [5, 5.41) is 17.1. The number of fused-ring (bicyclic) bond motifs is 1. The number of hydrogen-bond acceptors (Lipinski definition) is 7. The molecule has 0 amide bonds. The number of nitrogens with one attached hydrogen (secondary N) is 3. The monoisotopic (exact) mass is 311 g/mol. The van der Waals surface area contributed by atoms with Crippen LogP contribution in [0.1, 0.15) is 12.8 Å². The van der Waals surface area contributed by atoms with Crippen LogP contribution in [0.5, 0.6) is 0 Å². The highest BCUT2D eigenvalue weighted by Gasteiger charge is 2.23. The van der Waals surface area contributed by atoms with E-state index in [1.165, 1.54) is 12.1 Å². The van der Waals surface area contributed by atoms with Crippen molar-refractivity contribution in [2.75, 3.05) is 10.6 Å². The zero-order valence-electron chi connectivity index (χ0n) is 12.0. The van der Waals surface area contributed by atoms with Crippen LogP contribution in [0, 0.1) is 10.1 Å². The normalized spacial score (nSPS) is 13.9. The SMILES string of the molecule is O=[N+]([O-])c1ccc(Nc2nc(NC3CC3)c3nc[nH]c3n2)cc1. The first-order valence-electron chi connectivity index (χ1n) is 7.18. The minimum absolute atomic E-state index is 0.0385. The maximum Gasteiger partial charge on any atom is 0.269 e. The van der Waals surface area contributed by atoms with Crippen molar-refractivity contribution in [3.63, 3.8) is 0 Å². The van der Waals surface area contributed by atoms with Crippen LogP contribution in [-0.4, -0.2) is 30.9 Å². The molecule has 9 nitrogen and oxygen atoms in total. The van der Waals surface area contributed by atoms with E-state index in [0.29, 0.717) is 34.7 Å². The van der Waals surface area contributed by atoms with E-state index >= 15 is 0 Å². The molecular formula is C14H13N7O2. The highest BCUT2D eigenvalue weighted by Crippen LogP contribution is 2.28. The summed E-state index contributed by atoms with van der Waals surface area (Å²) in [5.41, 5.74) is 2.04. The Balaban J connectivity index is 1.63. The second kappa shape index (κ2) is 5.20. The molecule has 0 unspecified atom stereocenters. The van der Waals surface area contributed by atoms with Crippen LogP contribution in [0.25, 0.3) is 11.2 Å². The number of rotatable bonds is 5. The van der Waals surface area contributed by atoms with Crippen molar-refractivity contribution in [2.24, 2.45) is 0 Å². The van der Waals surface area contributed by atoms with Gasteiger partial charge in [-0.15, -0.1) is 0 Å². The number of H-pyrrole nitrogens is 1. The van der Waals surface area contributed by atoms with Crippen molar-refractivity contribution in [1.29, 1.82) is 0 Å². The number of nitro benzene ring substituents is 1. The number of benzene rings is 1. The molecule has 23 heavy (non-hydrogen) atoms. The molecule has 9 heteroatoms. The smallest absolute Gasteiger partial charge is 0.269 e. The molecule has 0 aliphatic heterocycles. The van der Waals surface area contributed by atoms with Crippen LogP contribution >= 0.6 is 0 Å². The number of anilines is 3. The van der Waals surface area contributed by atoms with Crippen LogP contribution in [0.15, 0.2) is 30.6 Å².